The number of nitrogens with one attached hydrogen (secondary N) is 3. The summed E-state index contributed by atoms with van der Waals surface area (Å²) in [6.07, 6.45) is 10.0. The summed E-state index contributed by atoms with van der Waals surface area (Å²) in [5, 5.41) is 9.08. The second-order valence-electron chi connectivity index (χ2n) is 7.18. The molecule has 2 aromatic heterocycles. The third-order valence-electron chi connectivity index (χ3n) is 4.74. The van der Waals surface area contributed by atoms with E-state index < -0.39 is 5.91 Å². The highest BCUT2D eigenvalue weighted by Crippen LogP contribution is 2.30. The maximum absolute atomic E-state index is 13.1. The Morgan fingerprint density at radius 2 is 2.00 bits per heavy atom. The second kappa shape index (κ2) is 13.1. The number of carbonyl (C=O) groups is 2. The molecule has 0 aliphatic rings. The lowest BCUT2D eigenvalue weighted by molar-refractivity contribution is -0.111. The molecule has 0 unspecified atom stereocenters. The lowest BCUT2D eigenvalue weighted by atomic mass is 10.2. The molecule has 182 valence electrons. The molecule has 2 rings (SSSR count). The Hall–Kier alpha value is -3.66. The van der Waals surface area contributed by atoms with E-state index in [9.17, 15) is 9.59 Å². The van der Waals surface area contributed by atoms with Gasteiger partial charge in [-0.25, -0.2) is 4.98 Å². The van der Waals surface area contributed by atoms with Crippen molar-refractivity contribution in [1.82, 2.24) is 20.6 Å². The maximum Gasteiger partial charge on any atom is 0.260 e. The molecule has 2 amide bonds. The molecule has 0 saturated carbocycles. The standard InChI is InChI=1S/C24H32N6O3S/c1-6-8-9-17(23(26-4)33-5)20-14-29-24(34-20)18(12-25)22(32)30-19-11-16(13-28-15(19)3)21(31)27-10-7-2/h8-9,11-14,26H,6-7,10,25H2,1-5H3,(H,27,31)(H,30,32)/b9-8+,18-12-,23-17-. The fourth-order valence-corrected chi connectivity index (χ4v) is 3.89. The number of amides is 2. The highest BCUT2D eigenvalue weighted by molar-refractivity contribution is 7.14. The van der Waals surface area contributed by atoms with E-state index >= 15 is 0 Å². The van der Waals surface area contributed by atoms with Crippen LogP contribution in [0.3, 0.4) is 0 Å². The van der Waals surface area contributed by atoms with Gasteiger partial charge >= 0.3 is 0 Å². The molecule has 5 N–H and O–H groups in total. The van der Waals surface area contributed by atoms with Gasteiger partial charge in [0.05, 0.1) is 40.1 Å². The van der Waals surface area contributed by atoms with Crippen molar-refractivity contribution < 1.29 is 14.3 Å². The van der Waals surface area contributed by atoms with E-state index in [1.807, 2.05) is 26.0 Å². The average molecular weight is 485 g/mol. The highest BCUT2D eigenvalue weighted by atomic mass is 32.1. The first-order chi connectivity index (χ1) is 16.4. The topological polar surface area (TPSA) is 131 Å². The summed E-state index contributed by atoms with van der Waals surface area (Å²) in [6, 6.07) is 1.60. The van der Waals surface area contributed by atoms with Gasteiger partial charge in [0.15, 0.2) is 5.88 Å². The van der Waals surface area contributed by atoms with Crippen LogP contribution >= 0.6 is 11.3 Å². The summed E-state index contributed by atoms with van der Waals surface area (Å²) in [7, 11) is 3.35. The molecule has 2 heterocycles. The molecule has 2 aromatic rings. The van der Waals surface area contributed by atoms with Crippen LogP contribution in [0, 0.1) is 6.92 Å². The van der Waals surface area contributed by atoms with Gasteiger partial charge in [0.1, 0.15) is 5.01 Å². The molecule has 0 aliphatic carbocycles. The molecule has 0 spiro atoms. The molecule has 0 aliphatic heterocycles. The van der Waals surface area contributed by atoms with Crippen molar-refractivity contribution >= 4 is 40.0 Å². The largest absolute Gasteiger partial charge is 0.482 e. The normalized spacial score (nSPS) is 12.3. The Morgan fingerprint density at radius 1 is 1.24 bits per heavy atom. The van der Waals surface area contributed by atoms with Crippen molar-refractivity contribution in [1.29, 1.82) is 0 Å². The zero-order chi connectivity index (χ0) is 25.1. The van der Waals surface area contributed by atoms with Crippen LogP contribution in [-0.4, -0.2) is 42.5 Å². The van der Waals surface area contributed by atoms with E-state index in [0.29, 0.717) is 34.4 Å². The molecule has 9 nitrogen and oxygen atoms in total. The van der Waals surface area contributed by atoms with Gasteiger partial charge in [0, 0.05) is 32.2 Å². The minimum absolute atomic E-state index is 0.207. The van der Waals surface area contributed by atoms with E-state index in [0.717, 1.165) is 23.3 Å². The second-order valence-corrected chi connectivity index (χ2v) is 8.22. The summed E-state index contributed by atoms with van der Waals surface area (Å²) in [4.78, 5) is 34.8. The minimum atomic E-state index is -0.449. The summed E-state index contributed by atoms with van der Waals surface area (Å²) in [5.41, 5.74) is 8.19. The van der Waals surface area contributed by atoms with Crippen LogP contribution in [0.25, 0.3) is 11.1 Å². The van der Waals surface area contributed by atoms with Crippen molar-refractivity contribution in [3.05, 3.63) is 63.8 Å². The molecular weight excluding hydrogens is 452 g/mol. The molecule has 0 aromatic carbocycles. The Balaban J connectivity index is 2.31. The Bertz CT molecular complexity index is 1100. The summed E-state index contributed by atoms with van der Waals surface area (Å²) in [6.45, 7) is 6.32. The van der Waals surface area contributed by atoms with Crippen molar-refractivity contribution in [3.8, 4) is 0 Å². The van der Waals surface area contributed by atoms with Crippen LogP contribution in [0.2, 0.25) is 0 Å². The lowest BCUT2D eigenvalue weighted by Crippen LogP contribution is -2.24. The Labute approximate surface area is 204 Å². The maximum atomic E-state index is 13.1. The van der Waals surface area contributed by atoms with Gasteiger partial charge in [-0.05, 0) is 25.8 Å². The van der Waals surface area contributed by atoms with E-state index in [2.05, 4.69) is 25.9 Å². The number of hydrogen-bond donors (Lipinski definition) is 4. The fourth-order valence-electron chi connectivity index (χ4n) is 2.93. The van der Waals surface area contributed by atoms with Crippen LogP contribution in [0.15, 0.2) is 42.7 Å². The van der Waals surface area contributed by atoms with Gasteiger partial charge in [0.25, 0.3) is 11.8 Å². The summed E-state index contributed by atoms with van der Waals surface area (Å²) in [5.74, 6) is -0.112. The van der Waals surface area contributed by atoms with E-state index in [1.54, 1.807) is 33.3 Å². The van der Waals surface area contributed by atoms with Crippen molar-refractivity contribution in [2.45, 2.75) is 33.6 Å². The third-order valence-corrected chi connectivity index (χ3v) is 5.81. The molecule has 0 saturated heterocycles. The molecule has 34 heavy (non-hydrogen) atoms. The van der Waals surface area contributed by atoms with Crippen LogP contribution in [0.4, 0.5) is 5.69 Å². The number of nitrogens with two attached hydrogens (primary N) is 1. The van der Waals surface area contributed by atoms with Crippen LogP contribution in [0.1, 0.15) is 52.6 Å². The first-order valence-electron chi connectivity index (χ1n) is 11.0. The summed E-state index contributed by atoms with van der Waals surface area (Å²) >= 11 is 1.31. The number of thiazole rings is 1. The van der Waals surface area contributed by atoms with Crippen molar-refractivity contribution in [2.24, 2.45) is 5.73 Å². The predicted octanol–water partition coefficient (Wildman–Crippen LogP) is 3.43. The van der Waals surface area contributed by atoms with Gasteiger partial charge in [0.2, 0.25) is 0 Å². The number of carbonyl (C=O) groups excluding carboxylic acids is 2. The van der Waals surface area contributed by atoms with Crippen LogP contribution in [-0.2, 0) is 9.53 Å². The van der Waals surface area contributed by atoms with E-state index in [4.69, 9.17) is 10.5 Å². The SMILES string of the molecule is CC/C=C/C(=C(\NC)OC)c1cnc(/C(=C\N)C(=O)Nc2cc(C(=O)NCCC)cnc2C)s1. The monoisotopic (exact) mass is 484 g/mol. The molecule has 0 fully saturated rings. The molecule has 0 radical (unpaired) electrons. The van der Waals surface area contributed by atoms with Crippen molar-refractivity contribution in [3.63, 3.8) is 0 Å². The number of pyridine rings is 1. The fraction of sp³-hybridized carbons (Fsp3) is 0.333. The summed E-state index contributed by atoms with van der Waals surface area (Å²) < 4.78 is 5.44. The zero-order valence-electron chi connectivity index (χ0n) is 20.2. The van der Waals surface area contributed by atoms with Crippen LogP contribution in [0.5, 0.6) is 0 Å². The number of hydrogen-bond acceptors (Lipinski definition) is 8. The first-order valence-corrected chi connectivity index (χ1v) is 11.8. The third kappa shape index (κ3) is 6.67. The smallest absolute Gasteiger partial charge is 0.260 e. The molecule has 0 atom stereocenters. The number of methoxy groups -OCH3 is 1. The predicted molar refractivity (Wildman–Crippen MR) is 137 cm³/mol. The zero-order valence-corrected chi connectivity index (χ0v) is 21.0. The van der Waals surface area contributed by atoms with E-state index in [-0.39, 0.29) is 11.5 Å². The number of anilines is 1. The Morgan fingerprint density at radius 3 is 2.62 bits per heavy atom. The van der Waals surface area contributed by atoms with Gasteiger partial charge in [-0.3, -0.25) is 14.6 Å². The Kier molecular flexibility index (Phi) is 10.3. The molecule has 10 heteroatoms. The van der Waals surface area contributed by atoms with Crippen LogP contribution < -0.4 is 21.7 Å². The first kappa shape index (κ1) is 26.6. The van der Waals surface area contributed by atoms with Gasteiger partial charge in [-0.15, -0.1) is 11.3 Å². The van der Waals surface area contributed by atoms with Crippen molar-refractivity contribution in [2.75, 3.05) is 26.0 Å². The molecular formula is C24H32N6O3S. The number of aryl methyl sites for hydroxylation is 1. The van der Waals surface area contributed by atoms with Gasteiger partial charge in [-0.2, -0.15) is 0 Å². The number of allylic oxidation sites excluding steroid dienone is 3. The highest BCUT2D eigenvalue weighted by Gasteiger charge is 2.19. The minimum Gasteiger partial charge on any atom is -0.482 e. The van der Waals surface area contributed by atoms with Gasteiger partial charge in [-0.1, -0.05) is 26.0 Å². The number of aromatic nitrogens is 2. The van der Waals surface area contributed by atoms with Gasteiger partial charge < -0.3 is 26.4 Å². The van der Waals surface area contributed by atoms with E-state index in [1.165, 1.54) is 23.7 Å². The number of nitrogens with zero attached hydrogens (tertiary/aromatic N) is 2. The quantitative estimate of drug-likeness (QED) is 0.218. The lowest BCUT2D eigenvalue weighted by Gasteiger charge is -2.11. The number of rotatable bonds is 11. The number of ether oxygens (including phenoxy) is 1. The molecule has 0 bridgehead atoms. The average Bonchev–Trinajstić information content (AvgIpc) is 3.31.